The summed E-state index contributed by atoms with van der Waals surface area (Å²) in [6.07, 6.45) is 2.23. The van der Waals surface area contributed by atoms with Crippen LogP contribution in [-0.4, -0.2) is 48.4 Å². The van der Waals surface area contributed by atoms with Gasteiger partial charge in [-0.25, -0.2) is 4.39 Å². The number of imide groups is 1. The molecule has 124 valence electrons. The molecule has 3 rings (SSSR count). The highest BCUT2D eigenvalue weighted by atomic mass is 19.1. The molecule has 2 saturated heterocycles. The summed E-state index contributed by atoms with van der Waals surface area (Å²) in [7, 11) is 0. The van der Waals surface area contributed by atoms with E-state index in [-0.39, 0.29) is 23.7 Å². The van der Waals surface area contributed by atoms with Crippen molar-refractivity contribution in [3.63, 3.8) is 0 Å². The molecule has 0 bridgehead atoms. The Morgan fingerprint density at radius 1 is 1.22 bits per heavy atom. The van der Waals surface area contributed by atoms with Crippen molar-refractivity contribution in [3.05, 3.63) is 30.1 Å². The van der Waals surface area contributed by atoms with Gasteiger partial charge in [0.15, 0.2) is 6.04 Å². The van der Waals surface area contributed by atoms with Crippen LogP contribution in [0.3, 0.4) is 0 Å². The van der Waals surface area contributed by atoms with Crippen molar-refractivity contribution in [1.82, 2.24) is 4.90 Å². The highest BCUT2D eigenvalue weighted by molar-refractivity contribution is 6.04. The Bertz CT molecular complexity index is 582. The van der Waals surface area contributed by atoms with Crippen molar-refractivity contribution in [2.24, 2.45) is 0 Å². The van der Waals surface area contributed by atoms with E-state index in [2.05, 4.69) is 5.32 Å². The van der Waals surface area contributed by atoms with Crippen LogP contribution >= 0.6 is 0 Å². The molecule has 0 unspecified atom stereocenters. The summed E-state index contributed by atoms with van der Waals surface area (Å²) < 4.78 is 12.9. The van der Waals surface area contributed by atoms with Crippen LogP contribution in [0.4, 0.5) is 10.1 Å². The maximum Gasteiger partial charge on any atom is 0.287 e. The SMILES string of the molecule is CCN1C(=O)C[C@@H]([NH+]2CCC(Nc3ccc(F)cc3)CC2)C1=O. The topological polar surface area (TPSA) is 53.9 Å². The third-order valence-electron chi connectivity index (χ3n) is 4.90. The van der Waals surface area contributed by atoms with Gasteiger partial charge >= 0.3 is 0 Å². The number of benzene rings is 1. The molecular weight excluding hydrogens is 297 g/mol. The van der Waals surface area contributed by atoms with Gasteiger partial charge in [0.05, 0.1) is 19.5 Å². The van der Waals surface area contributed by atoms with Gasteiger partial charge in [0.25, 0.3) is 5.91 Å². The minimum atomic E-state index is -0.236. The number of halogens is 1. The van der Waals surface area contributed by atoms with E-state index < -0.39 is 0 Å². The van der Waals surface area contributed by atoms with Crippen molar-refractivity contribution in [1.29, 1.82) is 0 Å². The lowest BCUT2D eigenvalue weighted by molar-refractivity contribution is -0.919. The molecule has 0 saturated carbocycles. The van der Waals surface area contributed by atoms with Gasteiger partial charge in [0, 0.05) is 31.1 Å². The number of amides is 2. The number of hydrogen-bond acceptors (Lipinski definition) is 3. The Morgan fingerprint density at radius 3 is 2.43 bits per heavy atom. The van der Waals surface area contributed by atoms with Crippen molar-refractivity contribution in [2.45, 2.75) is 38.3 Å². The summed E-state index contributed by atoms with van der Waals surface area (Å²) >= 11 is 0. The second-order valence-corrected chi connectivity index (χ2v) is 6.32. The monoisotopic (exact) mass is 320 g/mol. The molecule has 2 fully saturated rings. The summed E-state index contributed by atoms with van der Waals surface area (Å²) in [5.41, 5.74) is 0.920. The second-order valence-electron chi connectivity index (χ2n) is 6.32. The van der Waals surface area contributed by atoms with Gasteiger partial charge in [-0.2, -0.15) is 0 Å². The molecule has 1 aromatic carbocycles. The molecule has 5 nitrogen and oxygen atoms in total. The molecule has 2 aliphatic heterocycles. The van der Waals surface area contributed by atoms with E-state index in [1.807, 2.05) is 6.92 Å². The third kappa shape index (κ3) is 3.37. The van der Waals surface area contributed by atoms with Gasteiger partial charge in [-0.3, -0.25) is 14.5 Å². The molecule has 6 heteroatoms. The zero-order valence-electron chi connectivity index (χ0n) is 13.3. The van der Waals surface area contributed by atoms with E-state index in [1.54, 1.807) is 12.1 Å². The zero-order chi connectivity index (χ0) is 16.4. The molecule has 2 N–H and O–H groups in total. The number of rotatable bonds is 4. The minimum absolute atomic E-state index is 0.0163. The number of carbonyl (C=O) groups excluding carboxylic acids is 2. The maximum atomic E-state index is 12.9. The van der Waals surface area contributed by atoms with Gasteiger partial charge in [-0.1, -0.05) is 0 Å². The number of likely N-dealkylation sites (N-methyl/N-ethyl adjacent to an activating group) is 1. The van der Waals surface area contributed by atoms with Crippen LogP contribution in [-0.2, 0) is 9.59 Å². The summed E-state index contributed by atoms with van der Waals surface area (Å²) in [5.74, 6) is -0.293. The number of likely N-dealkylation sites (tertiary alicyclic amines) is 2. The minimum Gasteiger partial charge on any atom is -0.382 e. The molecule has 2 amide bonds. The van der Waals surface area contributed by atoms with Crippen LogP contribution in [0.1, 0.15) is 26.2 Å². The van der Waals surface area contributed by atoms with Crippen molar-refractivity contribution < 1.29 is 18.9 Å². The Balaban J connectivity index is 1.53. The van der Waals surface area contributed by atoms with E-state index >= 15 is 0 Å². The first kappa shape index (κ1) is 15.9. The number of piperidine rings is 1. The lowest BCUT2D eigenvalue weighted by atomic mass is 10.0. The van der Waals surface area contributed by atoms with Crippen molar-refractivity contribution in [2.75, 3.05) is 25.0 Å². The fraction of sp³-hybridized carbons (Fsp3) is 0.529. The molecule has 0 aliphatic carbocycles. The van der Waals surface area contributed by atoms with Crippen LogP contribution in [0, 0.1) is 5.82 Å². The largest absolute Gasteiger partial charge is 0.382 e. The highest BCUT2D eigenvalue weighted by Crippen LogP contribution is 2.15. The molecule has 2 heterocycles. The van der Waals surface area contributed by atoms with E-state index in [4.69, 9.17) is 0 Å². The van der Waals surface area contributed by atoms with Gasteiger partial charge < -0.3 is 10.2 Å². The van der Waals surface area contributed by atoms with Crippen LogP contribution in [0.2, 0.25) is 0 Å². The maximum absolute atomic E-state index is 12.9. The van der Waals surface area contributed by atoms with Crippen LogP contribution in [0.5, 0.6) is 0 Å². The molecule has 1 aromatic rings. The highest BCUT2D eigenvalue weighted by Gasteiger charge is 2.45. The predicted octanol–water partition coefficient (Wildman–Crippen LogP) is 0.432. The van der Waals surface area contributed by atoms with Crippen molar-refractivity contribution >= 4 is 17.5 Å². The number of hydrogen-bond donors (Lipinski definition) is 2. The number of nitrogens with one attached hydrogen (secondary N) is 2. The predicted molar refractivity (Wildman–Crippen MR) is 84.5 cm³/mol. The number of carbonyl (C=O) groups is 2. The van der Waals surface area contributed by atoms with Gasteiger partial charge in [0.1, 0.15) is 5.82 Å². The first-order valence-electron chi connectivity index (χ1n) is 8.29. The first-order chi connectivity index (χ1) is 11.1. The molecule has 0 radical (unpaired) electrons. The third-order valence-corrected chi connectivity index (χ3v) is 4.90. The zero-order valence-corrected chi connectivity index (χ0v) is 13.3. The smallest absolute Gasteiger partial charge is 0.287 e. The molecule has 0 aromatic heterocycles. The average molecular weight is 320 g/mol. The fourth-order valence-electron chi connectivity index (χ4n) is 3.60. The van der Waals surface area contributed by atoms with Crippen LogP contribution in [0.15, 0.2) is 24.3 Å². The van der Waals surface area contributed by atoms with E-state index in [9.17, 15) is 14.0 Å². The Labute approximate surface area is 135 Å². The molecular formula is C17H23FN3O2+. The number of nitrogens with zero attached hydrogens (tertiary/aromatic N) is 1. The normalized spacial score (nSPS) is 28.3. The number of anilines is 1. The van der Waals surface area contributed by atoms with Crippen LogP contribution < -0.4 is 10.2 Å². The summed E-state index contributed by atoms with van der Waals surface area (Å²) in [6, 6.07) is 6.52. The summed E-state index contributed by atoms with van der Waals surface area (Å²) in [6.45, 7) is 4.06. The molecule has 1 atom stereocenters. The molecule has 23 heavy (non-hydrogen) atoms. The van der Waals surface area contributed by atoms with Crippen LogP contribution in [0.25, 0.3) is 0 Å². The standard InChI is InChI=1S/C17H22FN3O2/c1-2-21-16(22)11-15(17(21)23)20-9-7-14(8-10-20)19-13-5-3-12(18)4-6-13/h3-6,14-15,19H,2,7-11H2,1H3/p+1/t15-/m1/s1. The summed E-state index contributed by atoms with van der Waals surface area (Å²) in [5, 5.41) is 3.42. The van der Waals surface area contributed by atoms with E-state index in [1.165, 1.54) is 21.9 Å². The summed E-state index contributed by atoms with van der Waals surface area (Å²) in [4.78, 5) is 26.7. The van der Waals surface area contributed by atoms with Crippen molar-refractivity contribution in [3.8, 4) is 0 Å². The molecule has 2 aliphatic rings. The van der Waals surface area contributed by atoms with Gasteiger partial charge in [-0.15, -0.1) is 0 Å². The van der Waals surface area contributed by atoms with E-state index in [0.717, 1.165) is 31.6 Å². The number of quaternary nitrogens is 1. The second kappa shape index (κ2) is 6.66. The Morgan fingerprint density at radius 2 is 1.87 bits per heavy atom. The molecule has 0 spiro atoms. The fourth-order valence-corrected chi connectivity index (χ4v) is 3.60. The first-order valence-corrected chi connectivity index (χ1v) is 8.29. The quantitative estimate of drug-likeness (QED) is 0.791. The lowest BCUT2D eigenvalue weighted by Crippen LogP contribution is -3.17. The lowest BCUT2D eigenvalue weighted by Gasteiger charge is -2.32. The Kier molecular flexibility index (Phi) is 4.61. The average Bonchev–Trinajstić information content (AvgIpc) is 2.84. The van der Waals surface area contributed by atoms with E-state index in [0.29, 0.717) is 19.0 Å². The Hall–Kier alpha value is -1.95. The van der Waals surface area contributed by atoms with Gasteiger partial charge in [-0.05, 0) is 31.2 Å². The van der Waals surface area contributed by atoms with Gasteiger partial charge in [0.2, 0.25) is 5.91 Å².